The second-order valence-electron chi connectivity index (χ2n) is 2.90. The van der Waals surface area contributed by atoms with Crippen LogP contribution in [0.15, 0.2) is 0 Å². The van der Waals surface area contributed by atoms with Crippen LogP contribution in [0, 0.1) is 5.92 Å². The van der Waals surface area contributed by atoms with Crippen molar-refractivity contribution in [2.45, 2.75) is 26.7 Å². The molecule has 0 amide bonds. The fraction of sp³-hybridized carbons (Fsp3) is 0.875. The molecule has 0 aromatic rings. The Labute approximate surface area is 63.0 Å². The van der Waals surface area contributed by atoms with E-state index >= 15 is 0 Å². The maximum Gasteiger partial charge on any atom is 0.129 e. The average molecular weight is 143 g/mol. The van der Waals surface area contributed by atoms with Gasteiger partial charge in [0, 0.05) is 6.42 Å². The van der Waals surface area contributed by atoms with Gasteiger partial charge in [-0.15, -0.1) is 0 Å². The normalized spacial score (nSPS) is 13.1. The number of hydrogen-bond acceptors (Lipinski definition) is 2. The molecule has 0 heterocycles. The molecule has 60 valence electrons. The molecule has 0 aromatic heterocycles. The number of ketones is 1. The molecule has 0 aromatic carbocycles. The predicted molar refractivity (Wildman–Crippen MR) is 43.0 cm³/mol. The van der Waals surface area contributed by atoms with Gasteiger partial charge in [-0.25, -0.2) is 0 Å². The molecule has 0 aliphatic carbocycles. The molecule has 0 bridgehead atoms. The first-order valence-corrected chi connectivity index (χ1v) is 3.81. The van der Waals surface area contributed by atoms with Crippen molar-refractivity contribution >= 4 is 5.78 Å². The molecular weight excluding hydrogens is 126 g/mol. The summed E-state index contributed by atoms with van der Waals surface area (Å²) in [5.41, 5.74) is 0. The zero-order valence-corrected chi connectivity index (χ0v) is 7.11. The van der Waals surface area contributed by atoms with E-state index in [0.717, 1.165) is 19.4 Å². The van der Waals surface area contributed by atoms with Gasteiger partial charge in [0.15, 0.2) is 0 Å². The molecule has 1 N–H and O–H groups in total. The highest BCUT2D eigenvalue weighted by molar-refractivity contribution is 5.75. The quantitative estimate of drug-likeness (QED) is 0.626. The molecule has 0 radical (unpaired) electrons. The summed E-state index contributed by atoms with van der Waals surface area (Å²) in [4.78, 5) is 10.5. The maximum absolute atomic E-state index is 10.5. The SMILES string of the molecule is CNC[C@H](C)CCC(C)=O. The van der Waals surface area contributed by atoms with E-state index in [0.29, 0.717) is 11.7 Å². The Balaban J connectivity index is 3.21. The molecule has 0 spiro atoms. The zero-order valence-electron chi connectivity index (χ0n) is 7.11. The third-order valence-corrected chi connectivity index (χ3v) is 1.54. The van der Waals surface area contributed by atoms with Crippen molar-refractivity contribution in [1.29, 1.82) is 0 Å². The fourth-order valence-corrected chi connectivity index (χ4v) is 0.900. The second kappa shape index (κ2) is 5.42. The first-order valence-electron chi connectivity index (χ1n) is 3.81. The lowest BCUT2D eigenvalue weighted by Gasteiger charge is -2.07. The highest BCUT2D eigenvalue weighted by atomic mass is 16.1. The molecule has 1 atom stereocenters. The third kappa shape index (κ3) is 5.76. The van der Waals surface area contributed by atoms with Crippen molar-refractivity contribution in [3.05, 3.63) is 0 Å². The van der Waals surface area contributed by atoms with Crippen LogP contribution >= 0.6 is 0 Å². The van der Waals surface area contributed by atoms with Gasteiger partial charge in [0.05, 0.1) is 0 Å². The first kappa shape index (κ1) is 9.63. The summed E-state index contributed by atoms with van der Waals surface area (Å²) in [6.45, 7) is 4.80. The van der Waals surface area contributed by atoms with Crippen LogP contribution in [0.2, 0.25) is 0 Å². The van der Waals surface area contributed by atoms with Crippen LogP contribution < -0.4 is 5.32 Å². The van der Waals surface area contributed by atoms with Crippen molar-refractivity contribution in [3.8, 4) is 0 Å². The van der Waals surface area contributed by atoms with Gasteiger partial charge in [0.2, 0.25) is 0 Å². The highest BCUT2D eigenvalue weighted by Crippen LogP contribution is 2.03. The van der Waals surface area contributed by atoms with E-state index in [1.165, 1.54) is 0 Å². The molecule has 0 fully saturated rings. The van der Waals surface area contributed by atoms with Gasteiger partial charge in [-0.1, -0.05) is 6.92 Å². The average Bonchev–Trinajstić information content (AvgIpc) is 1.85. The van der Waals surface area contributed by atoms with Crippen LogP contribution in [0.5, 0.6) is 0 Å². The monoisotopic (exact) mass is 143 g/mol. The largest absolute Gasteiger partial charge is 0.319 e. The van der Waals surface area contributed by atoms with Gasteiger partial charge in [0.1, 0.15) is 5.78 Å². The second-order valence-corrected chi connectivity index (χ2v) is 2.90. The van der Waals surface area contributed by atoms with E-state index < -0.39 is 0 Å². The van der Waals surface area contributed by atoms with Crippen LogP contribution in [0.1, 0.15) is 26.7 Å². The highest BCUT2D eigenvalue weighted by Gasteiger charge is 2.01. The summed E-state index contributed by atoms with van der Waals surface area (Å²) >= 11 is 0. The molecule has 0 saturated carbocycles. The Bertz CT molecular complexity index is 101. The Hall–Kier alpha value is -0.370. The predicted octanol–water partition coefficient (Wildman–Crippen LogP) is 1.21. The van der Waals surface area contributed by atoms with E-state index in [1.807, 2.05) is 7.05 Å². The molecular formula is C8H17NO. The Morgan fingerprint density at radius 3 is 2.60 bits per heavy atom. The van der Waals surface area contributed by atoms with Crippen molar-refractivity contribution in [2.75, 3.05) is 13.6 Å². The molecule has 0 aliphatic rings. The first-order chi connectivity index (χ1) is 4.66. The number of nitrogens with one attached hydrogen (secondary N) is 1. The summed E-state index contributed by atoms with van der Waals surface area (Å²) in [6, 6.07) is 0. The fourth-order valence-electron chi connectivity index (χ4n) is 0.900. The lowest BCUT2D eigenvalue weighted by atomic mass is 10.0. The van der Waals surface area contributed by atoms with E-state index in [4.69, 9.17) is 0 Å². The van der Waals surface area contributed by atoms with Crippen LogP contribution in [-0.4, -0.2) is 19.4 Å². The molecule has 0 rings (SSSR count). The molecule has 0 saturated heterocycles. The summed E-state index contributed by atoms with van der Waals surface area (Å²) in [5, 5.41) is 3.08. The lowest BCUT2D eigenvalue weighted by Crippen LogP contribution is -2.16. The minimum absolute atomic E-state index is 0.294. The van der Waals surface area contributed by atoms with Gasteiger partial charge in [-0.3, -0.25) is 0 Å². The van der Waals surface area contributed by atoms with Crippen LogP contribution in [0.3, 0.4) is 0 Å². The van der Waals surface area contributed by atoms with Crippen molar-refractivity contribution in [2.24, 2.45) is 5.92 Å². The van der Waals surface area contributed by atoms with E-state index in [-0.39, 0.29) is 0 Å². The lowest BCUT2D eigenvalue weighted by molar-refractivity contribution is -0.117. The zero-order chi connectivity index (χ0) is 7.98. The summed E-state index contributed by atoms with van der Waals surface area (Å²) < 4.78 is 0. The third-order valence-electron chi connectivity index (χ3n) is 1.54. The van der Waals surface area contributed by atoms with Crippen LogP contribution in [0.4, 0.5) is 0 Å². The number of Topliss-reactive ketones (excluding diaryl/α,β-unsaturated/α-hetero) is 1. The number of carbonyl (C=O) groups excluding carboxylic acids is 1. The van der Waals surface area contributed by atoms with E-state index in [1.54, 1.807) is 6.92 Å². The van der Waals surface area contributed by atoms with Gasteiger partial charge in [-0.05, 0) is 32.9 Å². The maximum atomic E-state index is 10.5. The molecule has 0 unspecified atom stereocenters. The Morgan fingerprint density at radius 2 is 2.20 bits per heavy atom. The van der Waals surface area contributed by atoms with Crippen molar-refractivity contribution in [3.63, 3.8) is 0 Å². The van der Waals surface area contributed by atoms with Crippen LogP contribution in [0.25, 0.3) is 0 Å². The van der Waals surface area contributed by atoms with Crippen molar-refractivity contribution < 1.29 is 4.79 Å². The van der Waals surface area contributed by atoms with Gasteiger partial charge in [0.25, 0.3) is 0 Å². The molecule has 0 aliphatic heterocycles. The Morgan fingerprint density at radius 1 is 1.60 bits per heavy atom. The number of hydrogen-bond donors (Lipinski definition) is 1. The van der Waals surface area contributed by atoms with Gasteiger partial charge in [-0.2, -0.15) is 0 Å². The minimum atomic E-state index is 0.294. The molecule has 2 heteroatoms. The standard InChI is InChI=1S/C8H17NO/c1-7(6-9-3)4-5-8(2)10/h7,9H,4-6H2,1-3H3/t7-/m1/s1. The van der Waals surface area contributed by atoms with Gasteiger partial charge < -0.3 is 10.1 Å². The minimum Gasteiger partial charge on any atom is -0.319 e. The van der Waals surface area contributed by atoms with E-state index in [9.17, 15) is 4.79 Å². The molecule has 2 nitrogen and oxygen atoms in total. The number of rotatable bonds is 5. The summed E-state index contributed by atoms with van der Waals surface area (Å²) in [6.07, 6.45) is 1.74. The topological polar surface area (TPSA) is 29.1 Å². The van der Waals surface area contributed by atoms with Gasteiger partial charge >= 0.3 is 0 Å². The van der Waals surface area contributed by atoms with Crippen LogP contribution in [-0.2, 0) is 4.79 Å². The van der Waals surface area contributed by atoms with E-state index in [2.05, 4.69) is 12.2 Å². The summed E-state index contributed by atoms with van der Waals surface area (Å²) in [7, 11) is 1.93. The van der Waals surface area contributed by atoms with Crippen molar-refractivity contribution in [1.82, 2.24) is 5.32 Å². The molecule has 10 heavy (non-hydrogen) atoms. The number of carbonyl (C=O) groups is 1. The smallest absolute Gasteiger partial charge is 0.129 e. The summed E-state index contributed by atoms with van der Waals surface area (Å²) in [5.74, 6) is 0.914. The Kier molecular flexibility index (Phi) is 5.22.